The highest BCUT2D eigenvalue weighted by atomic mass is 19.4. The summed E-state index contributed by atoms with van der Waals surface area (Å²) >= 11 is 0. The summed E-state index contributed by atoms with van der Waals surface area (Å²) in [5.41, 5.74) is -1.74. The van der Waals surface area contributed by atoms with Crippen LogP contribution in [0, 0.1) is 5.82 Å². The summed E-state index contributed by atoms with van der Waals surface area (Å²) in [5, 5.41) is 17.4. The fourth-order valence-electron chi connectivity index (χ4n) is 1.29. The molecule has 0 amide bonds. The van der Waals surface area contributed by atoms with E-state index >= 15 is 0 Å². The van der Waals surface area contributed by atoms with Crippen LogP contribution in [0.15, 0.2) is 18.2 Å². The molecule has 0 spiro atoms. The highest BCUT2D eigenvalue weighted by Gasteiger charge is 2.34. The van der Waals surface area contributed by atoms with Crippen LogP contribution in [-0.2, 0) is 17.4 Å². The number of hydrogen-bond acceptors (Lipinski definition) is 2. The van der Waals surface area contributed by atoms with Gasteiger partial charge in [0.05, 0.1) is 5.56 Å². The van der Waals surface area contributed by atoms with Gasteiger partial charge in [-0.1, -0.05) is 6.07 Å². The molecule has 3 nitrogen and oxygen atoms in total. The van der Waals surface area contributed by atoms with E-state index in [1.54, 1.807) is 0 Å². The maximum atomic E-state index is 12.7. The normalized spacial score (nSPS) is 13.5. The molecule has 94 valence electrons. The Morgan fingerprint density at radius 2 is 1.94 bits per heavy atom. The molecule has 0 aliphatic heterocycles. The Balaban J connectivity index is 3.11. The topological polar surface area (TPSA) is 57.5 Å². The van der Waals surface area contributed by atoms with E-state index in [9.17, 15) is 22.4 Å². The van der Waals surface area contributed by atoms with Crippen LogP contribution in [-0.4, -0.2) is 22.3 Å². The van der Waals surface area contributed by atoms with Crippen LogP contribution >= 0.6 is 0 Å². The molecule has 0 aliphatic rings. The van der Waals surface area contributed by atoms with Crippen molar-refractivity contribution in [2.75, 3.05) is 0 Å². The lowest BCUT2D eigenvalue weighted by Gasteiger charge is -2.14. The molecule has 0 fully saturated rings. The molecule has 0 saturated carbocycles. The second kappa shape index (κ2) is 4.70. The molecule has 1 rings (SSSR count). The molecule has 2 N–H and O–H groups in total. The van der Waals surface area contributed by atoms with Crippen LogP contribution in [0.25, 0.3) is 0 Å². The van der Waals surface area contributed by atoms with Crippen molar-refractivity contribution in [1.29, 1.82) is 0 Å². The standard InChI is InChI=1S/C10H8F4O3/c11-6-2-1-5(3-8(15)9(16)17)7(4-6)10(12,13)14/h1-2,4,8,15H,3H2,(H,16,17). The summed E-state index contributed by atoms with van der Waals surface area (Å²) in [5.74, 6) is -2.71. The smallest absolute Gasteiger partial charge is 0.416 e. The van der Waals surface area contributed by atoms with Crippen molar-refractivity contribution >= 4 is 5.97 Å². The Bertz CT molecular complexity index is 428. The van der Waals surface area contributed by atoms with Gasteiger partial charge in [-0.2, -0.15) is 13.2 Å². The number of halogens is 4. The summed E-state index contributed by atoms with van der Waals surface area (Å²) in [6.07, 6.45) is -7.48. The quantitative estimate of drug-likeness (QED) is 0.807. The second-order valence-electron chi connectivity index (χ2n) is 3.36. The van der Waals surface area contributed by atoms with Crippen LogP contribution in [0.4, 0.5) is 17.6 Å². The molecule has 7 heteroatoms. The van der Waals surface area contributed by atoms with Gasteiger partial charge in [0.15, 0.2) is 6.10 Å². The van der Waals surface area contributed by atoms with Gasteiger partial charge in [-0.25, -0.2) is 9.18 Å². The molecule has 0 bridgehead atoms. The predicted octanol–water partition coefficient (Wildman–Crippen LogP) is 1.83. The number of aliphatic hydroxyl groups excluding tert-OH is 1. The van der Waals surface area contributed by atoms with Gasteiger partial charge in [-0.15, -0.1) is 0 Å². The van der Waals surface area contributed by atoms with Crippen molar-refractivity contribution in [3.63, 3.8) is 0 Å². The zero-order valence-corrected chi connectivity index (χ0v) is 8.33. The molecule has 1 unspecified atom stereocenters. The molecular formula is C10H8F4O3. The largest absolute Gasteiger partial charge is 0.479 e. The number of carboxylic acid groups (broad SMARTS) is 1. The lowest BCUT2D eigenvalue weighted by Crippen LogP contribution is -2.24. The van der Waals surface area contributed by atoms with E-state index in [1.165, 1.54) is 0 Å². The average molecular weight is 252 g/mol. The van der Waals surface area contributed by atoms with Gasteiger partial charge >= 0.3 is 12.1 Å². The summed E-state index contributed by atoms with van der Waals surface area (Å²) in [7, 11) is 0. The van der Waals surface area contributed by atoms with E-state index in [0.29, 0.717) is 0 Å². The number of aliphatic hydroxyl groups is 1. The van der Waals surface area contributed by atoms with Crippen molar-refractivity contribution in [2.45, 2.75) is 18.7 Å². The Hall–Kier alpha value is -1.63. The number of hydrogen-bond donors (Lipinski definition) is 2. The van der Waals surface area contributed by atoms with Gasteiger partial charge in [-0.3, -0.25) is 0 Å². The van der Waals surface area contributed by atoms with E-state index < -0.39 is 41.6 Å². The summed E-state index contributed by atoms with van der Waals surface area (Å²) in [6, 6.07) is 1.85. The summed E-state index contributed by atoms with van der Waals surface area (Å²) in [4.78, 5) is 10.3. The van der Waals surface area contributed by atoms with Crippen LogP contribution < -0.4 is 0 Å². The van der Waals surface area contributed by atoms with E-state index in [2.05, 4.69) is 0 Å². The Kier molecular flexibility index (Phi) is 3.72. The fraction of sp³-hybridized carbons (Fsp3) is 0.300. The highest BCUT2D eigenvalue weighted by Crippen LogP contribution is 2.33. The minimum atomic E-state index is -4.80. The van der Waals surface area contributed by atoms with Gasteiger partial charge in [-0.05, 0) is 17.7 Å². The molecule has 0 heterocycles. The van der Waals surface area contributed by atoms with Gasteiger partial charge in [0.25, 0.3) is 0 Å². The molecule has 0 aliphatic carbocycles. The van der Waals surface area contributed by atoms with E-state index in [4.69, 9.17) is 10.2 Å². The first kappa shape index (κ1) is 13.4. The second-order valence-corrected chi connectivity index (χ2v) is 3.36. The number of benzene rings is 1. The van der Waals surface area contributed by atoms with Crippen LogP contribution in [0.2, 0.25) is 0 Å². The molecule has 1 aromatic rings. The van der Waals surface area contributed by atoms with Gasteiger partial charge in [0, 0.05) is 6.42 Å². The number of rotatable bonds is 3. The van der Waals surface area contributed by atoms with Crippen molar-refractivity contribution in [2.24, 2.45) is 0 Å². The van der Waals surface area contributed by atoms with Crippen LogP contribution in [0.1, 0.15) is 11.1 Å². The molecule has 0 radical (unpaired) electrons. The van der Waals surface area contributed by atoms with Gasteiger partial charge < -0.3 is 10.2 Å². The Morgan fingerprint density at radius 3 is 2.41 bits per heavy atom. The predicted molar refractivity (Wildman–Crippen MR) is 48.7 cm³/mol. The third-order valence-corrected chi connectivity index (χ3v) is 2.08. The Morgan fingerprint density at radius 1 is 1.35 bits per heavy atom. The van der Waals surface area contributed by atoms with E-state index in [0.717, 1.165) is 12.1 Å². The maximum absolute atomic E-state index is 12.7. The highest BCUT2D eigenvalue weighted by molar-refractivity contribution is 5.72. The van der Waals surface area contributed by atoms with Crippen molar-refractivity contribution < 1.29 is 32.6 Å². The first-order valence-electron chi connectivity index (χ1n) is 4.48. The first-order chi connectivity index (χ1) is 7.71. The number of carboxylic acids is 1. The SMILES string of the molecule is O=C(O)C(O)Cc1ccc(F)cc1C(F)(F)F. The van der Waals surface area contributed by atoms with Crippen molar-refractivity contribution in [3.05, 3.63) is 35.1 Å². The van der Waals surface area contributed by atoms with E-state index in [-0.39, 0.29) is 6.07 Å². The average Bonchev–Trinajstić information content (AvgIpc) is 2.18. The molecule has 17 heavy (non-hydrogen) atoms. The lowest BCUT2D eigenvalue weighted by molar-refractivity contribution is -0.147. The molecule has 0 saturated heterocycles. The zero-order valence-electron chi connectivity index (χ0n) is 8.33. The molecule has 0 aromatic heterocycles. The Labute approximate surface area is 93.3 Å². The van der Waals surface area contributed by atoms with E-state index in [1.807, 2.05) is 0 Å². The first-order valence-corrected chi connectivity index (χ1v) is 4.48. The molecule has 1 atom stereocenters. The fourth-order valence-corrected chi connectivity index (χ4v) is 1.29. The van der Waals surface area contributed by atoms with Crippen molar-refractivity contribution in [3.8, 4) is 0 Å². The molecule has 1 aromatic carbocycles. The van der Waals surface area contributed by atoms with Gasteiger partial charge in [0.2, 0.25) is 0 Å². The minimum absolute atomic E-state index is 0.268. The minimum Gasteiger partial charge on any atom is -0.479 e. The van der Waals surface area contributed by atoms with Crippen molar-refractivity contribution in [1.82, 2.24) is 0 Å². The van der Waals surface area contributed by atoms with Gasteiger partial charge in [0.1, 0.15) is 5.82 Å². The lowest BCUT2D eigenvalue weighted by atomic mass is 10.0. The summed E-state index contributed by atoms with van der Waals surface area (Å²) in [6.45, 7) is 0. The monoisotopic (exact) mass is 252 g/mol. The number of carbonyl (C=O) groups is 1. The van der Waals surface area contributed by atoms with Crippen LogP contribution in [0.3, 0.4) is 0 Å². The molecular weight excluding hydrogens is 244 g/mol. The number of alkyl halides is 3. The zero-order chi connectivity index (χ0) is 13.2. The third-order valence-electron chi connectivity index (χ3n) is 2.08. The third kappa shape index (κ3) is 3.42. The number of aliphatic carboxylic acids is 1. The van der Waals surface area contributed by atoms with Crippen LogP contribution in [0.5, 0.6) is 0 Å². The maximum Gasteiger partial charge on any atom is 0.416 e. The summed E-state index contributed by atoms with van der Waals surface area (Å²) < 4.78 is 50.1.